The summed E-state index contributed by atoms with van der Waals surface area (Å²) >= 11 is 1.56. The lowest BCUT2D eigenvalue weighted by Crippen LogP contribution is -2.45. The first-order valence-electron chi connectivity index (χ1n) is 13.4. The topological polar surface area (TPSA) is 42.9 Å². The van der Waals surface area contributed by atoms with Crippen LogP contribution in [0.25, 0.3) is 0 Å². The highest BCUT2D eigenvalue weighted by molar-refractivity contribution is 8.14. The van der Waals surface area contributed by atoms with Gasteiger partial charge in [-0.3, -0.25) is 0 Å². The molecule has 0 spiro atoms. The highest BCUT2D eigenvalue weighted by atomic mass is 32.2. The van der Waals surface area contributed by atoms with Crippen molar-refractivity contribution >= 4 is 24.9 Å². The molecule has 0 radical (unpaired) electrons. The third-order valence-electron chi connectivity index (χ3n) is 7.92. The molecule has 202 valence electrons. The van der Waals surface area contributed by atoms with E-state index < -0.39 is 28.9 Å². The molecule has 1 fully saturated rings. The Morgan fingerprint density at radius 1 is 0.875 bits per heavy atom. The number of amidine groups is 1. The van der Waals surface area contributed by atoms with Gasteiger partial charge in [0.15, 0.2) is 11.6 Å². The SMILES string of the molecule is BNC1=N[C@@]2(c3cccc(F)c3F)CO[C@H](COC(c3ccccc3)(c3ccccc3)c3ccccc3)[C@H]2CS1. The lowest BCUT2D eigenvalue weighted by atomic mass is 9.78. The molecule has 6 rings (SSSR count). The predicted molar refractivity (Wildman–Crippen MR) is 158 cm³/mol. The molecule has 0 amide bonds. The molecule has 4 aromatic carbocycles. The van der Waals surface area contributed by atoms with Crippen LogP contribution in [0.4, 0.5) is 8.78 Å². The molecule has 0 unspecified atom stereocenters. The Hall–Kier alpha value is -3.46. The zero-order chi connectivity index (χ0) is 27.6. The summed E-state index contributed by atoms with van der Waals surface area (Å²) in [6.45, 7) is 0.361. The van der Waals surface area contributed by atoms with E-state index in [0.29, 0.717) is 10.9 Å². The lowest BCUT2D eigenvalue weighted by Gasteiger charge is -2.39. The fourth-order valence-corrected chi connectivity index (χ4v) is 7.15. The van der Waals surface area contributed by atoms with Crippen LogP contribution in [0.1, 0.15) is 22.3 Å². The van der Waals surface area contributed by atoms with E-state index in [1.165, 1.54) is 6.07 Å². The fraction of sp³-hybridized carbons (Fsp3) is 0.219. The molecular formula is C32H29BF2N2O2S. The number of hydrogen-bond acceptors (Lipinski definition) is 5. The Morgan fingerprint density at radius 3 is 2.00 bits per heavy atom. The second kappa shape index (κ2) is 11.2. The molecule has 0 aliphatic carbocycles. The normalized spacial score (nSPS) is 22.4. The van der Waals surface area contributed by atoms with Crippen molar-refractivity contribution in [2.75, 3.05) is 19.0 Å². The van der Waals surface area contributed by atoms with E-state index >= 15 is 4.39 Å². The molecule has 1 saturated heterocycles. The molecule has 2 heterocycles. The Bertz CT molecular complexity index is 1400. The molecule has 0 bridgehead atoms. The van der Waals surface area contributed by atoms with Crippen LogP contribution in [-0.2, 0) is 20.6 Å². The predicted octanol–water partition coefficient (Wildman–Crippen LogP) is 5.42. The Kier molecular flexibility index (Phi) is 7.49. The van der Waals surface area contributed by atoms with Gasteiger partial charge in [0, 0.05) is 17.2 Å². The van der Waals surface area contributed by atoms with Crippen LogP contribution >= 0.6 is 11.8 Å². The van der Waals surface area contributed by atoms with Crippen LogP contribution in [0.3, 0.4) is 0 Å². The number of ether oxygens (including phenoxy) is 2. The van der Waals surface area contributed by atoms with Crippen molar-refractivity contribution < 1.29 is 18.3 Å². The molecule has 2 aliphatic rings. The maximum atomic E-state index is 15.3. The zero-order valence-corrected chi connectivity index (χ0v) is 22.9. The van der Waals surface area contributed by atoms with Crippen molar-refractivity contribution in [3.8, 4) is 0 Å². The van der Waals surface area contributed by atoms with Crippen LogP contribution in [0, 0.1) is 17.6 Å². The van der Waals surface area contributed by atoms with Crippen LogP contribution in [0.15, 0.2) is 114 Å². The summed E-state index contributed by atoms with van der Waals surface area (Å²) in [6.07, 6.45) is -0.396. The maximum absolute atomic E-state index is 15.3. The number of thioether (sulfide) groups is 1. The highest BCUT2D eigenvalue weighted by Crippen LogP contribution is 2.49. The second-order valence-electron chi connectivity index (χ2n) is 10.0. The third-order valence-corrected chi connectivity index (χ3v) is 9.01. The van der Waals surface area contributed by atoms with E-state index in [-0.39, 0.29) is 24.7 Å². The number of aliphatic imine (C=N–C) groups is 1. The minimum Gasteiger partial charge on any atom is -0.415 e. The van der Waals surface area contributed by atoms with E-state index in [1.807, 2.05) is 54.6 Å². The Labute approximate surface area is 238 Å². The number of halogens is 2. The first-order valence-corrected chi connectivity index (χ1v) is 14.3. The van der Waals surface area contributed by atoms with E-state index in [1.54, 1.807) is 25.8 Å². The summed E-state index contributed by atoms with van der Waals surface area (Å²) in [5, 5.41) is 3.77. The average Bonchev–Trinajstić information content (AvgIpc) is 3.39. The van der Waals surface area contributed by atoms with Crippen LogP contribution in [0.2, 0.25) is 0 Å². The van der Waals surface area contributed by atoms with Crippen molar-refractivity contribution in [2.45, 2.75) is 17.2 Å². The molecule has 3 atom stereocenters. The lowest BCUT2D eigenvalue weighted by molar-refractivity contribution is -0.0536. The minimum atomic E-state index is -1.06. The minimum absolute atomic E-state index is 0.132. The zero-order valence-electron chi connectivity index (χ0n) is 22.1. The molecule has 0 saturated carbocycles. The summed E-state index contributed by atoms with van der Waals surface area (Å²) in [5.74, 6) is -1.37. The van der Waals surface area contributed by atoms with Crippen molar-refractivity contribution in [3.05, 3.63) is 143 Å². The van der Waals surface area contributed by atoms with Gasteiger partial charge in [0.2, 0.25) is 7.98 Å². The van der Waals surface area contributed by atoms with Gasteiger partial charge in [-0.2, -0.15) is 0 Å². The Morgan fingerprint density at radius 2 is 1.45 bits per heavy atom. The number of fused-ring (bicyclic) bond motifs is 1. The first kappa shape index (κ1) is 26.8. The number of benzene rings is 4. The summed E-state index contributed by atoms with van der Waals surface area (Å²) in [5.41, 5.74) is 1.21. The third kappa shape index (κ3) is 4.54. The molecule has 4 nitrogen and oxygen atoms in total. The van der Waals surface area contributed by atoms with Crippen molar-refractivity contribution in [1.82, 2.24) is 5.23 Å². The number of nitrogens with zero attached hydrogens (tertiary/aromatic N) is 1. The molecule has 40 heavy (non-hydrogen) atoms. The number of nitrogens with one attached hydrogen (secondary N) is 1. The van der Waals surface area contributed by atoms with Gasteiger partial charge in [-0.1, -0.05) is 115 Å². The van der Waals surface area contributed by atoms with Gasteiger partial charge >= 0.3 is 0 Å². The van der Waals surface area contributed by atoms with Gasteiger partial charge < -0.3 is 14.7 Å². The van der Waals surface area contributed by atoms with E-state index in [9.17, 15) is 4.39 Å². The Balaban J connectivity index is 1.42. The number of rotatable bonds is 7. The maximum Gasteiger partial charge on any atom is 0.216 e. The summed E-state index contributed by atoms with van der Waals surface area (Å²) in [7, 11) is 1.78. The fourth-order valence-electron chi connectivity index (χ4n) is 5.95. The summed E-state index contributed by atoms with van der Waals surface area (Å²) in [6, 6.07) is 34.7. The summed E-state index contributed by atoms with van der Waals surface area (Å²) < 4.78 is 43.1. The van der Waals surface area contributed by atoms with Crippen LogP contribution < -0.4 is 5.23 Å². The first-order chi connectivity index (χ1) is 19.6. The van der Waals surface area contributed by atoms with E-state index in [2.05, 4.69) is 41.6 Å². The van der Waals surface area contributed by atoms with Gasteiger partial charge in [0.1, 0.15) is 16.3 Å². The standard InChI is InChI=1S/C32H29BF2N2O2S/c33-37-30-36-31(25-17-10-18-27(34)29(25)35)21-38-28(26(31)20-40-30)19-39-32(22-11-4-1-5-12-22,23-13-6-2-7-14-23)24-15-8-3-9-16-24/h1-18,26,28H,19-21,33H2,(H,36,37)/t26-,28-,31-/m1/s1. The highest BCUT2D eigenvalue weighted by Gasteiger charge is 2.55. The molecule has 8 heteroatoms. The van der Waals surface area contributed by atoms with Gasteiger partial charge in [-0.25, -0.2) is 13.8 Å². The van der Waals surface area contributed by atoms with E-state index in [4.69, 9.17) is 14.5 Å². The second-order valence-corrected chi connectivity index (χ2v) is 11.1. The van der Waals surface area contributed by atoms with Gasteiger partial charge in [0.25, 0.3) is 0 Å². The number of hydrogen-bond donors (Lipinski definition) is 1. The molecule has 4 aromatic rings. The van der Waals surface area contributed by atoms with E-state index in [0.717, 1.165) is 22.8 Å². The van der Waals surface area contributed by atoms with Crippen LogP contribution in [-0.4, -0.2) is 38.2 Å². The van der Waals surface area contributed by atoms with Crippen LogP contribution in [0.5, 0.6) is 0 Å². The average molecular weight is 554 g/mol. The smallest absolute Gasteiger partial charge is 0.216 e. The van der Waals surface area contributed by atoms with Gasteiger partial charge in [-0.15, -0.1) is 0 Å². The van der Waals surface area contributed by atoms with Crippen molar-refractivity contribution in [1.29, 1.82) is 0 Å². The van der Waals surface area contributed by atoms with Crippen molar-refractivity contribution in [2.24, 2.45) is 10.9 Å². The monoisotopic (exact) mass is 554 g/mol. The quantitative estimate of drug-likeness (QED) is 0.245. The van der Waals surface area contributed by atoms with Gasteiger partial charge in [0.05, 0.1) is 19.3 Å². The molecular weight excluding hydrogens is 525 g/mol. The molecule has 1 N–H and O–H groups in total. The summed E-state index contributed by atoms with van der Waals surface area (Å²) in [4.78, 5) is 4.92. The largest absolute Gasteiger partial charge is 0.415 e. The van der Waals surface area contributed by atoms with Crippen molar-refractivity contribution in [3.63, 3.8) is 0 Å². The van der Waals surface area contributed by atoms with Gasteiger partial charge in [-0.05, 0) is 22.8 Å². The molecule has 2 aliphatic heterocycles. The molecule has 0 aromatic heterocycles.